The number of rotatable bonds is 4. The van der Waals surface area contributed by atoms with E-state index in [0.717, 1.165) is 12.1 Å². The highest BCUT2D eigenvalue weighted by atomic mass is 19.1. The largest absolute Gasteiger partial charge is 0.452 e. The van der Waals surface area contributed by atoms with Gasteiger partial charge in [0.05, 0.1) is 5.56 Å². The molecule has 0 fully saturated rings. The lowest BCUT2D eigenvalue weighted by molar-refractivity contribution is -0.134. The Kier molecular flexibility index (Phi) is 4.86. The van der Waals surface area contributed by atoms with Crippen LogP contribution in [0.3, 0.4) is 0 Å². The Labute approximate surface area is 111 Å². The first-order valence-electron chi connectivity index (χ1n) is 5.80. The summed E-state index contributed by atoms with van der Waals surface area (Å²) in [5.74, 6) is -1.74. The van der Waals surface area contributed by atoms with Crippen molar-refractivity contribution in [3.63, 3.8) is 0 Å². The average Bonchev–Trinajstić information content (AvgIpc) is 2.37. The highest BCUT2D eigenvalue weighted by Gasteiger charge is 2.17. The fraction of sp³-hybridized carbons (Fsp3) is 0.385. The molecule has 1 amide bonds. The number of carbonyl (C=O) groups excluding carboxylic acids is 2. The Bertz CT molecular complexity index is 489. The van der Waals surface area contributed by atoms with Crippen LogP contribution in [0, 0.1) is 5.82 Å². The molecule has 0 atom stereocenters. The van der Waals surface area contributed by atoms with Gasteiger partial charge in [-0.15, -0.1) is 0 Å². The lowest BCUT2D eigenvalue weighted by Gasteiger charge is -2.21. The molecule has 0 saturated carbocycles. The van der Waals surface area contributed by atoms with E-state index in [-0.39, 0.29) is 23.2 Å². The minimum absolute atomic E-state index is 0.00504. The van der Waals surface area contributed by atoms with Crippen molar-refractivity contribution in [2.45, 2.75) is 19.9 Å². The molecule has 0 unspecified atom stereocenters. The van der Waals surface area contributed by atoms with Crippen LogP contribution in [0.5, 0.6) is 0 Å². The number of hydrogen-bond acceptors (Lipinski definition) is 4. The summed E-state index contributed by atoms with van der Waals surface area (Å²) in [7, 11) is 1.61. The number of halogens is 1. The number of benzene rings is 1. The lowest BCUT2D eigenvalue weighted by atomic mass is 10.2. The molecular weight excluding hydrogens is 251 g/mol. The van der Waals surface area contributed by atoms with E-state index >= 15 is 0 Å². The number of carbonyl (C=O) groups is 2. The van der Waals surface area contributed by atoms with Gasteiger partial charge in [-0.1, -0.05) is 0 Å². The van der Waals surface area contributed by atoms with Crippen molar-refractivity contribution in [2.75, 3.05) is 19.4 Å². The van der Waals surface area contributed by atoms with Gasteiger partial charge in [-0.3, -0.25) is 4.79 Å². The fourth-order valence-corrected chi connectivity index (χ4v) is 1.30. The van der Waals surface area contributed by atoms with Gasteiger partial charge in [-0.25, -0.2) is 9.18 Å². The number of likely N-dealkylation sites (N-methyl/N-ethyl adjacent to an activating group) is 1. The van der Waals surface area contributed by atoms with Crippen LogP contribution in [-0.2, 0) is 9.53 Å². The molecule has 6 heteroatoms. The van der Waals surface area contributed by atoms with Crippen LogP contribution < -0.4 is 5.73 Å². The minimum atomic E-state index is -0.817. The molecular formula is C13H17FN2O3. The van der Waals surface area contributed by atoms with E-state index in [9.17, 15) is 14.0 Å². The maximum absolute atomic E-state index is 13.0. The molecule has 0 saturated heterocycles. The number of hydrogen-bond donors (Lipinski definition) is 1. The first kappa shape index (κ1) is 14.9. The summed E-state index contributed by atoms with van der Waals surface area (Å²) >= 11 is 0. The van der Waals surface area contributed by atoms with Crippen LogP contribution in [0.25, 0.3) is 0 Å². The summed E-state index contributed by atoms with van der Waals surface area (Å²) in [5.41, 5.74) is 5.57. The molecule has 19 heavy (non-hydrogen) atoms. The maximum atomic E-state index is 13.0. The molecule has 0 aliphatic heterocycles. The van der Waals surface area contributed by atoms with Crippen molar-refractivity contribution < 1.29 is 18.7 Å². The van der Waals surface area contributed by atoms with E-state index in [4.69, 9.17) is 10.5 Å². The van der Waals surface area contributed by atoms with E-state index in [0.29, 0.717) is 0 Å². The standard InChI is InChI=1S/C13H17FN2O3/c1-8(2)16(3)12(17)7-19-13(18)10-6-9(14)4-5-11(10)15/h4-6,8H,7,15H2,1-3H3. The fourth-order valence-electron chi connectivity index (χ4n) is 1.30. The van der Waals surface area contributed by atoms with Crippen molar-refractivity contribution in [3.05, 3.63) is 29.6 Å². The molecule has 0 radical (unpaired) electrons. The van der Waals surface area contributed by atoms with Crippen LogP contribution in [0.4, 0.5) is 10.1 Å². The molecule has 0 aliphatic carbocycles. The Hall–Kier alpha value is -2.11. The van der Waals surface area contributed by atoms with E-state index in [2.05, 4.69) is 0 Å². The first-order chi connectivity index (χ1) is 8.82. The average molecular weight is 268 g/mol. The monoisotopic (exact) mass is 268 g/mol. The van der Waals surface area contributed by atoms with Crippen LogP contribution >= 0.6 is 0 Å². The first-order valence-corrected chi connectivity index (χ1v) is 5.80. The quantitative estimate of drug-likeness (QED) is 0.662. The number of ether oxygens (including phenoxy) is 1. The summed E-state index contributed by atoms with van der Waals surface area (Å²) in [4.78, 5) is 24.7. The summed E-state index contributed by atoms with van der Waals surface area (Å²) in [6.07, 6.45) is 0. The second kappa shape index (κ2) is 6.17. The number of nitrogens with two attached hydrogens (primary N) is 1. The number of nitrogen functional groups attached to an aromatic ring is 1. The molecule has 1 rings (SSSR count). The smallest absolute Gasteiger partial charge is 0.340 e. The summed E-state index contributed by atoms with van der Waals surface area (Å²) in [5, 5.41) is 0. The molecule has 0 aliphatic rings. The van der Waals surface area contributed by atoms with Crippen molar-refractivity contribution >= 4 is 17.6 Å². The molecule has 5 nitrogen and oxygen atoms in total. The number of esters is 1. The predicted octanol–water partition coefficient (Wildman–Crippen LogP) is 1.43. The van der Waals surface area contributed by atoms with E-state index in [1.165, 1.54) is 11.0 Å². The van der Waals surface area contributed by atoms with Gasteiger partial charge in [-0.05, 0) is 32.0 Å². The molecule has 1 aromatic rings. The van der Waals surface area contributed by atoms with Gasteiger partial charge in [0, 0.05) is 18.8 Å². The summed E-state index contributed by atoms with van der Waals surface area (Å²) < 4.78 is 17.8. The van der Waals surface area contributed by atoms with Gasteiger partial charge in [0.1, 0.15) is 5.82 Å². The molecule has 2 N–H and O–H groups in total. The zero-order valence-corrected chi connectivity index (χ0v) is 11.1. The van der Waals surface area contributed by atoms with Gasteiger partial charge >= 0.3 is 5.97 Å². The van der Waals surface area contributed by atoms with E-state index in [1.54, 1.807) is 7.05 Å². The van der Waals surface area contributed by atoms with E-state index < -0.39 is 18.4 Å². The Morgan fingerprint density at radius 2 is 2.05 bits per heavy atom. The second-order valence-electron chi connectivity index (χ2n) is 4.41. The van der Waals surface area contributed by atoms with Crippen LogP contribution in [-0.4, -0.2) is 36.5 Å². The third-order valence-electron chi connectivity index (χ3n) is 2.73. The molecule has 0 bridgehead atoms. The molecule has 1 aromatic carbocycles. The highest BCUT2D eigenvalue weighted by Crippen LogP contribution is 2.14. The topological polar surface area (TPSA) is 72.6 Å². The zero-order valence-electron chi connectivity index (χ0n) is 11.1. The van der Waals surface area contributed by atoms with Crippen molar-refractivity contribution in [1.29, 1.82) is 0 Å². The van der Waals surface area contributed by atoms with Crippen molar-refractivity contribution in [2.24, 2.45) is 0 Å². The summed E-state index contributed by atoms with van der Waals surface area (Å²) in [6, 6.07) is 3.40. The van der Waals surface area contributed by atoms with Gasteiger partial charge in [0.25, 0.3) is 5.91 Å². The van der Waals surface area contributed by atoms with Crippen LogP contribution in [0.1, 0.15) is 24.2 Å². The predicted molar refractivity (Wildman–Crippen MR) is 69.0 cm³/mol. The van der Waals surface area contributed by atoms with Gasteiger partial charge in [0.15, 0.2) is 6.61 Å². The number of anilines is 1. The Balaban J connectivity index is 2.66. The van der Waals surface area contributed by atoms with Gasteiger partial charge in [-0.2, -0.15) is 0 Å². The molecule has 0 spiro atoms. The normalized spacial score (nSPS) is 10.4. The third-order valence-corrected chi connectivity index (χ3v) is 2.73. The second-order valence-corrected chi connectivity index (χ2v) is 4.41. The van der Waals surface area contributed by atoms with E-state index in [1.807, 2.05) is 13.8 Å². The minimum Gasteiger partial charge on any atom is -0.452 e. The Morgan fingerprint density at radius 3 is 2.63 bits per heavy atom. The molecule has 0 heterocycles. The van der Waals surface area contributed by atoms with Crippen molar-refractivity contribution in [1.82, 2.24) is 4.90 Å². The van der Waals surface area contributed by atoms with Crippen LogP contribution in [0.15, 0.2) is 18.2 Å². The van der Waals surface area contributed by atoms with Crippen LogP contribution in [0.2, 0.25) is 0 Å². The molecule has 0 aromatic heterocycles. The van der Waals surface area contributed by atoms with Gasteiger partial charge in [0.2, 0.25) is 0 Å². The SMILES string of the molecule is CC(C)N(C)C(=O)COC(=O)c1cc(F)ccc1N. The van der Waals surface area contributed by atoms with Crippen molar-refractivity contribution in [3.8, 4) is 0 Å². The summed E-state index contributed by atoms with van der Waals surface area (Å²) in [6.45, 7) is 3.28. The number of amides is 1. The maximum Gasteiger partial charge on any atom is 0.340 e. The Morgan fingerprint density at radius 1 is 1.42 bits per heavy atom. The highest BCUT2D eigenvalue weighted by molar-refractivity contribution is 5.96. The van der Waals surface area contributed by atoms with Gasteiger partial charge < -0.3 is 15.4 Å². The zero-order chi connectivity index (χ0) is 14.6. The molecule has 104 valence electrons. The lowest BCUT2D eigenvalue weighted by Crippen LogP contribution is -2.36. The third kappa shape index (κ3) is 3.94. The number of nitrogens with zero attached hydrogens (tertiary/aromatic N) is 1.